The van der Waals surface area contributed by atoms with Crippen LogP contribution >= 0.6 is 0 Å². The smallest absolute Gasteiger partial charge is 0.257 e. The summed E-state index contributed by atoms with van der Waals surface area (Å²) in [5.74, 6) is -0.357. The highest BCUT2D eigenvalue weighted by atomic mass is 19.1. The van der Waals surface area contributed by atoms with Crippen LogP contribution in [0.25, 0.3) is 16.8 Å². The second-order valence-electron chi connectivity index (χ2n) is 8.37. The number of benzene rings is 2. The Hall–Kier alpha value is -3.78. The van der Waals surface area contributed by atoms with Crippen molar-refractivity contribution in [1.82, 2.24) is 19.5 Å². The number of nitrogens with zero attached hydrogens (tertiary/aromatic N) is 5. The van der Waals surface area contributed by atoms with Gasteiger partial charge in [-0.3, -0.25) is 4.79 Å². The first-order chi connectivity index (χ1) is 16.6. The molecule has 4 aromatic rings. The topological polar surface area (TPSA) is 63.0 Å². The Kier molecular flexibility index (Phi) is 5.98. The van der Waals surface area contributed by atoms with Crippen molar-refractivity contribution < 1.29 is 13.9 Å². The first-order valence-corrected chi connectivity index (χ1v) is 11.3. The van der Waals surface area contributed by atoms with Crippen LogP contribution in [0.1, 0.15) is 21.7 Å². The standard InChI is InChI=1S/C26H26FN5O2/c1-18-22(26(33)31-14-12-30(13-15-31)21-6-4-3-5-7-21)16-28-25-24(19-8-10-20(27)11-9-19)23(17-34-2)29-32(18)25/h3-11,16H,12-15,17H2,1-2H3. The van der Waals surface area contributed by atoms with Crippen molar-refractivity contribution in [1.29, 1.82) is 0 Å². The number of fused-ring (bicyclic) bond motifs is 1. The third-order valence-corrected chi connectivity index (χ3v) is 6.29. The van der Waals surface area contributed by atoms with Crippen molar-refractivity contribution in [3.05, 3.63) is 83.6 Å². The van der Waals surface area contributed by atoms with Crippen LogP contribution in [0.3, 0.4) is 0 Å². The van der Waals surface area contributed by atoms with E-state index in [4.69, 9.17) is 9.84 Å². The normalized spacial score (nSPS) is 14.1. The second-order valence-corrected chi connectivity index (χ2v) is 8.37. The van der Waals surface area contributed by atoms with E-state index in [0.29, 0.717) is 35.7 Å². The molecule has 2 aromatic heterocycles. The molecule has 0 radical (unpaired) electrons. The third kappa shape index (κ3) is 4.01. The molecule has 1 fully saturated rings. The highest BCUT2D eigenvalue weighted by Crippen LogP contribution is 2.30. The monoisotopic (exact) mass is 459 g/mol. The summed E-state index contributed by atoms with van der Waals surface area (Å²) in [5.41, 5.74) is 5.28. The molecule has 0 aliphatic carbocycles. The lowest BCUT2D eigenvalue weighted by Crippen LogP contribution is -2.49. The van der Waals surface area contributed by atoms with Crippen LogP contribution in [0.5, 0.6) is 0 Å². The fourth-order valence-electron chi connectivity index (χ4n) is 4.48. The molecule has 3 heterocycles. The average molecular weight is 460 g/mol. The van der Waals surface area contributed by atoms with Crippen molar-refractivity contribution in [3.63, 3.8) is 0 Å². The molecule has 0 bridgehead atoms. The van der Waals surface area contributed by atoms with Crippen LogP contribution in [-0.2, 0) is 11.3 Å². The van der Waals surface area contributed by atoms with E-state index < -0.39 is 0 Å². The predicted molar refractivity (Wildman–Crippen MR) is 128 cm³/mol. The van der Waals surface area contributed by atoms with Crippen LogP contribution in [0.4, 0.5) is 10.1 Å². The third-order valence-electron chi connectivity index (χ3n) is 6.29. The quantitative estimate of drug-likeness (QED) is 0.452. The SMILES string of the molecule is COCc1nn2c(C)c(C(=O)N3CCN(c4ccccc4)CC3)cnc2c1-c1ccc(F)cc1. The van der Waals surface area contributed by atoms with Gasteiger partial charge in [-0.05, 0) is 36.8 Å². The number of piperazine rings is 1. The van der Waals surface area contributed by atoms with Gasteiger partial charge >= 0.3 is 0 Å². The number of hydrogen-bond donors (Lipinski definition) is 0. The summed E-state index contributed by atoms with van der Waals surface area (Å²) in [6, 6.07) is 16.5. The van der Waals surface area contributed by atoms with Gasteiger partial charge in [-0.25, -0.2) is 13.9 Å². The zero-order valence-corrected chi connectivity index (χ0v) is 19.2. The molecule has 8 heteroatoms. The summed E-state index contributed by atoms with van der Waals surface area (Å²) in [4.78, 5) is 22.2. The van der Waals surface area contributed by atoms with Crippen molar-refractivity contribution in [3.8, 4) is 11.1 Å². The number of rotatable bonds is 5. The van der Waals surface area contributed by atoms with E-state index >= 15 is 0 Å². The van der Waals surface area contributed by atoms with Gasteiger partial charge in [0.15, 0.2) is 5.65 Å². The number of methoxy groups -OCH3 is 1. The minimum absolute atomic E-state index is 0.0493. The van der Waals surface area contributed by atoms with Crippen molar-refractivity contribution in [2.24, 2.45) is 0 Å². The van der Waals surface area contributed by atoms with E-state index in [1.54, 1.807) is 30.0 Å². The van der Waals surface area contributed by atoms with Gasteiger partial charge in [0.1, 0.15) is 5.82 Å². The molecule has 2 aromatic carbocycles. The first-order valence-electron chi connectivity index (χ1n) is 11.3. The minimum atomic E-state index is -0.308. The lowest BCUT2D eigenvalue weighted by Gasteiger charge is -2.36. The number of halogens is 1. The molecule has 0 spiro atoms. The number of para-hydroxylation sites is 1. The van der Waals surface area contributed by atoms with E-state index in [2.05, 4.69) is 22.0 Å². The van der Waals surface area contributed by atoms with Crippen LogP contribution in [0, 0.1) is 12.7 Å². The van der Waals surface area contributed by atoms with Gasteiger partial charge in [-0.2, -0.15) is 5.10 Å². The van der Waals surface area contributed by atoms with E-state index in [9.17, 15) is 9.18 Å². The molecule has 0 atom stereocenters. The zero-order valence-electron chi connectivity index (χ0n) is 19.2. The Morgan fingerprint density at radius 1 is 1.03 bits per heavy atom. The molecule has 1 amide bonds. The van der Waals surface area contributed by atoms with Gasteiger partial charge in [0, 0.05) is 45.2 Å². The average Bonchev–Trinajstić information content (AvgIpc) is 3.24. The molecule has 5 rings (SSSR count). The summed E-state index contributed by atoms with van der Waals surface area (Å²) in [7, 11) is 1.60. The van der Waals surface area contributed by atoms with Gasteiger partial charge in [0.05, 0.1) is 29.1 Å². The van der Waals surface area contributed by atoms with Crippen LogP contribution in [-0.4, -0.2) is 58.7 Å². The summed E-state index contributed by atoms with van der Waals surface area (Å²) >= 11 is 0. The number of carbonyl (C=O) groups excluding carboxylic acids is 1. The van der Waals surface area contributed by atoms with E-state index in [1.807, 2.05) is 30.0 Å². The van der Waals surface area contributed by atoms with E-state index in [0.717, 1.165) is 24.2 Å². The number of aryl methyl sites for hydroxylation is 1. The lowest BCUT2D eigenvalue weighted by atomic mass is 10.1. The Labute approximate surface area is 197 Å². The maximum Gasteiger partial charge on any atom is 0.257 e. The molecular formula is C26H26FN5O2. The summed E-state index contributed by atoms with van der Waals surface area (Å²) in [5, 5.41) is 4.70. The Bertz CT molecular complexity index is 1310. The van der Waals surface area contributed by atoms with Gasteiger partial charge in [0.25, 0.3) is 5.91 Å². The highest BCUT2D eigenvalue weighted by Gasteiger charge is 2.26. The minimum Gasteiger partial charge on any atom is -0.378 e. The number of carbonyl (C=O) groups is 1. The molecule has 7 nitrogen and oxygen atoms in total. The number of anilines is 1. The Morgan fingerprint density at radius 2 is 1.74 bits per heavy atom. The predicted octanol–water partition coefficient (Wildman–Crippen LogP) is 3.95. The fourth-order valence-corrected chi connectivity index (χ4v) is 4.48. The van der Waals surface area contributed by atoms with Gasteiger partial charge < -0.3 is 14.5 Å². The maximum atomic E-state index is 13.5. The Morgan fingerprint density at radius 3 is 2.41 bits per heavy atom. The summed E-state index contributed by atoms with van der Waals surface area (Å²) in [6.07, 6.45) is 1.63. The number of aromatic nitrogens is 3. The number of amides is 1. The lowest BCUT2D eigenvalue weighted by molar-refractivity contribution is 0.0745. The number of hydrogen-bond acceptors (Lipinski definition) is 5. The zero-order chi connectivity index (χ0) is 23.7. The van der Waals surface area contributed by atoms with Crippen molar-refractivity contribution in [2.45, 2.75) is 13.5 Å². The summed E-state index contributed by atoms with van der Waals surface area (Å²) in [6.45, 7) is 4.98. The molecule has 1 aliphatic heterocycles. The van der Waals surface area contributed by atoms with Crippen molar-refractivity contribution in [2.75, 3.05) is 38.2 Å². The van der Waals surface area contributed by atoms with Crippen LogP contribution in [0.2, 0.25) is 0 Å². The molecule has 174 valence electrons. The second kappa shape index (κ2) is 9.23. The van der Waals surface area contributed by atoms with Gasteiger partial charge in [-0.1, -0.05) is 30.3 Å². The van der Waals surface area contributed by atoms with Crippen molar-refractivity contribution >= 4 is 17.2 Å². The van der Waals surface area contributed by atoms with E-state index in [-0.39, 0.29) is 18.3 Å². The molecule has 34 heavy (non-hydrogen) atoms. The number of ether oxygens (including phenoxy) is 1. The molecule has 0 N–H and O–H groups in total. The fraction of sp³-hybridized carbons (Fsp3) is 0.269. The highest BCUT2D eigenvalue weighted by molar-refractivity contribution is 5.96. The first kappa shape index (κ1) is 22.0. The molecule has 0 unspecified atom stereocenters. The largest absolute Gasteiger partial charge is 0.378 e. The summed E-state index contributed by atoms with van der Waals surface area (Å²) < 4.78 is 20.5. The van der Waals surface area contributed by atoms with Gasteiger partial charge in [-0.15, -0.1) is 0 Å². The van der Waals surface area contributed by atoms with Gasteiger partial charge in [0.2, 0.25) is 0 Å². The van der Waals surface area contributed by atoms with Crippen LogP contribution in [0.15, 0.2) is 60.8 Å². The Balaban J connectivity index is 1.44. The molecule has 1 aliphatic rings. The molecule has 1 saturated heterocycles. The molecular weight excluding hydrogens is 433 g/mol. The molecule has 0 saturated carbocycles. The van der Waals surface area contributed by atoms with Crippen LogP contribution < -0.4 is 4.90 Å². The van der Waals surface area contributed by atoms with E-state index in [1.165, 1.54) is 17.8 Å². The maximum absolute atomic E-state index is 13.5.